The van der Waals surface area contributed by atoms with Gasteiger partial charge in [-0.1, -0.05) is 12.1 Å². The Morgan fingerprint density at radius 2 is 2.16 bits per heavy atom. The van der Waals surface area contributed by atoms with Crippen LogP contribution >= 0.6 is 27.5 Å². The summed E-state index contributed by atoms with van der Waals surface area (Å²) in [6, 6.07) is 7.93. The highest BCUT2D eigenvalue weighted by molar-refractivity contribution is 9.10. The highest BCUT2D eigenvalue weighted by Crippen LogP contribution is 2.37. The lowest BCUT2D eigenvalue weighted by Gasteiger charge is -2.23. The van der Waals surface area contributed by atoms with Crippen molar-refractivity contribution < 1.29 is 4.74 Å². The van der Waals surface area contributed by atoms with Gasteiger partial charge in [-0.25, -0.2) is 4.98 Å². The van der Waals surface area contributed by atoms with Gasteiger partial charge in [-0.2, -0.15) is 4.98 Å². The molecule has 1 aromatic heterocycles. The summed E-state index contributed by atoms with van der Waals surface area (Å²) in [5.41, 5.74) is 0.996. The van der Waals surface area contributed by atoms with E-state index >= 15 is 0 Å². The molecule has 0 radical (unpaired) electrons. The predicted octanol–water partition coefficient (Wildman–Crippen LogP) is 3.81. The zero-order valence-corrected chi connectivity index (χ0v) is 12.4. The highest BCUT2D eigenvalue weighted by atomic mass is 79.9. The summed E-state index contributed by atoms with van der Waals surface area (Å²) in [5, 5.41) is 0.237. The Hall–Kier alpha value is -1.33. The molecule has 98 valence electrons. The number of halogens is 2. The zero-order valence-electron chi connectivity index (χ0n) is 10.0. The molecule has 4 nitrogen and oxygen atoms in total. The molecule has 1 aromatic carbocycles. The molecule has 2 aromatic rings. The molecule has 0 amide bonds. The third-order valence-electron chi connectivity index (χ3n) is 2.89. The van der Waals surface area contributed by atoms with Crippen LogP contribution in [0.4, 0.5) is 11.5 Å². The van der Waals surface area contributed by atoms with E-state index in [0.29, 0.717) is 6.61 Å². The van der Waals surface area contributed by atoms with Gasteiger partial charge in [-0.15, -0.1) is 0 Å². The van der Waals surface area contributed by atoms with E-state index in [1.165, 1.54) is 0 Å². The molecule has 2 heterocycles. The van der Waals surface area contributed by atoms with Crippen LogP contribution in [-0.4, -0.2) is 23.1 Å². The minimum absolute atomic E-state index is 0.237. The second-order valence-electron chi connectivity index (χ2n) is 4.13. The summed E-state index contributed by atoms with van der Waals surface area (Å²) < 4.78 is 6.55. The fraction of sp³-hybridized carbons (Fsp3) is 0.231. The number of aromatic nitrogens is 2. The summed E-state index contributed by atoms with van der Waals surface area (Å²) in [7, 11) is 0. The minimum Gasteiger partial charge on any atom is -0.491 e. The van der Waals surface area contributed by atoms with E-state index in [1.54, 1.807) is 6.20 Å². The summed E-state index contributed by atoms with van der Waals surface area (Å²) >= 11 is 9.38. The second kappa shape index (κ2) is 5.35. The smallest absolute Gasteiger partial charge is 0.224 e. The molecule has 0 saturated heterocycles. The summed E-state index contributed by atoms with van der Waals surface area (Å²) in [5.74, 6) is 1.62. The van der Waals surface area contributed by atoms with E-state index in [0.717, 1.165) is 34.7 Å². The van der Waals surface area contributed by atoms with E-state index in [1.807, 2.05) is 24.3 Å². The largest absolute Gasteiger partial charge is 0.491 e. The van der Waals surface area contributed by atoms with E-state index in [-0.39, 0.29) is 5.28 Å². The predicted molar refractivity (Wildman–Crippen MR) is 78.3 cm³/mol. The van der Waals surface area contributed by atoms with Gasteiger partial charge in [0.1, 0.15) is 5.75 Å². The van der Waals surface area contributed by atoms with Gasteiger partial charge in [0.25, 0.3) is 0 Å². The number of benzene rings is 1. The molecule has 3 rings (SSSR count). The number of hydrogen-bond acceptors (Lipinski definition) is 4. The van der Waals surface area contributed by atoms with Gasteiger partial charge >= 0.3 is 0 Å². The maximum atomic E-state index is 5.90. The van der Waals surface area contributed by atoms with Gasteiger partial charge in [0.2, 0.25) is 5.28 Å². The Kier molecular flexibility index (Phi) is 3.57. The molecule has 1 aliphatic rings. The average molecular weight is 341 g/mol. The van der Waals surface area contributed by atoms with Gasteiger partial charge < -0.3 is 9.64 Å². The van der Waals surface area contributed by atoms with Crippen molar-refractivity contribution in [3.05, 3.63) is 40.2 Å². The highest BCUT2D eigenvalue weighted by Gasteiger charge is 2.20. The Morgan fingerprint density at radius 1 is 1.32 bits per heavy atom. The number of hydrogen-bond donors (Lipinski definition) is 0. The van der Waals surface area contributed by atoms with E-state index in [4.69, 9.17) is 16.3 Å². The lowest BCUT2D eigenvalue weighted by Crippen LogP contribution is -2.19. The second-order valence-corrected chi connectivity index (χ2v) is 5.32. The number of nitrogens with zero attached hydrogens (tertiary/aromatic N) is 3. The lowest BCUT2D eigenvalue weighted by molar-refractivity contribution is 0.322. The third-order valence-corrected chi connectivity index (χ3v) is 3.63. The van der Waals surface area contributed by atoms with E-state index in [2.05, 4.69) is 30.8 Å². The molecule has 0 fully saturated rings. The van der Waals surface area contributed by atoms with Crippen LogP contribution in [0, 0.1) is 0 Å². The number of anilines is 2. The first-order valence-corrected chi connectivity index (χ1v) is 7.10. The van der Waals surface area contributed by atoms with Crippen LogP contribution in [0.25, 0.3) is 0 Å². The number of fused-ring (bicyclic) bond motifs is 1. The Morgan fingerprint density at radius 3 is 3.05 bits per heavy atom. The van der Waals surface area contributed by atoms with Crippen molar-refractivity contribution in [2.24, 2.45) is 0 Å². The molecule has 0 unspecified atom stereocenters. The quantitative estimate of drug-likeness (QED) is 0.740. The summed E-state index contributed by atoms with van der Waals surface area (Å²) in [4.78, 5) is 10.4. The fourth-order valence-electron chi connectivity index (χ4n) is 2.07. The van der Waals surface area contributed by atoms with Crippen molar-refractivity contribution in [3.8, 4) is 5.75 Å². The Labute approximate surface area is 124 Å². The third kappa shape index (κ3) is 2.53. The first-order valence-electron chi connectivity index (χ1n) is 5.93. The number of para-hydroxylation sites is 2. The van der Waals surface area contributed by atoms with E-state index < -0.39 is 0 Å². The molecule has 19 heavy (non-hydrogen) atoms. The molecule has 1 aliphatic heterocycles. The van der Waals surface area contributed by atoms with Crippen LogP contribution < -0.4 is 9.64 Å². The molecule has 0 aliphatic carbocycles. The first kappa shape index (κ1) is 12.7. The van der Waals surface area contributed by atoms with Crippen molar-refractivity contribution in [1.82, 2.24) is 9.97 Å². The number of ether oxygens (including phenoxy) is 1. The molecule has 6 heteroatoms. The van der Waals surface area contributed by atoms with Gasteiger partial charge in [0, 0.05) is 12.7 Å². The van der Waals surface area contributed by atoms with Crippen LogP contribution in [0.2, 0.25) is 5.28 Å². The number of rotatable bonds is 1. The molecule has 0 atom stereocenters. The maximum Gasteiger partial charge on any atom is 0.224 e. The Balaban J connectivity index is 2.11. The van der Waals surface area contributed by atoms with E-state index in [9.17, 15) is 0 Å². The van der Waals surface area contributed by atoms with Gasteiger partial charge in [0.15, 0.2) is 5.82 Å². The van der Waals surface area contributed by atoms with Crippen LogP contribution in [0.15, 0.2) is 34.9 Å². The molecular weight excluding hydrogens is 330 g/mol. The molecule has 0 saturated carbocycles. The van der Waals surface area contributed by atoms with Gasteiger partial charge in [-0.3, -0.25) is 0 Å². The summed E-state index contributed by atoms with van der Waals surface area (Å²) in [6.07, 6.45) is 2.59. The standard InChI is InChI=1S/C13H11BrClN3O/c14-9-8-16-13(15)17-12(9)18-6-3-7-19-11-5-2-1-4-10(11)18/h1-2,4-5,8H,3,6-7H2. The molecule has 0 N–H and O–H groups in total. The molecule has 0 bridgehead atoms. The average Bonchev–Trinajstić information content (AvgIpc) is 2.64. The van der Waals surface area contributed by atoms with Crippen LogP contribution in [0.1, 0.15) is 6.42 Å². The summed E-state index contributed by atoms with van der Waals surface area (Å²) in [6.45, 7) is 1.52. The normalized spacial score (nSPS) is 14.5. The van der Waals surface area contributed by atoms with Crippen molar-refractivity contribution in [2.75, 3.05) is 18.1 Å². The molecule has 0 spiro atoms. The van der Waals surface area contributed by atoms with Crippen molar-refractivity contribution in [3.63, 3.8) is 0 Å². The van der Waals surface area contributed by atoms with Gasteiger partial charge in [-0.05, 0) is 46.1 Å². The molecular formula is C13H11BrClN3O. The minimum atomic E-state index is 0.237. The van der Waals surface area contributed by atoms with Crippen LogP contribution in [-0.2, 0) is 0 Å². The van der Waals surface area contributed by atoms with Gasteiger partial charge in [0.05, 0.1) is 16.8 Å². The topological polar surface area (TPSA) is 38.2 Å². The van der Waals surface area contributed by atoms with Crippen LogP contribution in [0.5, 0.6) is 5.75 Å². The SMILES string of the molecule is Clc1ncc(Br)c(N2CCCOc3ccccc32)n1. The Bertz CT molecular complexity index is 608. The maximum absolute atomic E-state index is 5.90. The van der Waals surface area contributed by atoms with Crippen molar-refractivity contribution in [1.29, 1.82) is 0 Å². The first-order chi connectivity index (χ1) is 9.25. The fourth-order valence-corrected chi connectivity index (χ4v) is 2.61. The lowest BCUT2D eigenvalue weighted by atomic mass is 10.2. The van der Waals surface area contributed by atoms with Crippen molar-refractivity contribution in [2.45, 2.75) is 6.42 Å². The van der Waals surface area contributed by atoms with Crippen LogP contribution in [0.3, 0.4) is 0 Å². The van der Waals surface area contributed by atoms with Crippen molar-refractivity contribution >= 4 is 39.0 Å². The zero-order chi connectivity index (χ0) is 13.2. The monoisotopic (exact) mass is 339 g/mol.